The van der Waals surface area contributed by atoms with Crippen molar-refractivity contribution in [1.29, 1.82) is 10.5 Å². The molecule has 0 unspecified atom stereocenters. The lowest BCUT2D eigenvalue weighted by molar-refractivity contribution is 0.332. The molecule has 6 heteroatoms. The van der Waals surface area contributed by atoms with E-state index in [1.165, 1.54) is 32.1 Å². The minimum absolute atomic E-state index is 0.0912. The van der Waals surface area contributed by atoms with Gasteiger partial charge in [-0.3, -0.25) is 0 Å². The average Bonchev–Trinajstić information content (AvgIpc) is 2.89. The molecule has 1 aromatic rings. The normalized spacial score (nSPS) is 17.1. The summed E-state index contributed by atoms with van der Waals surface area (Å²) in [5.74, 6) is 1.56. The molecule has 1 aliphatic carbocycles. The standard InChI is InChI=1S/C15H21N5S/c1-12-18-19-15(20(12)14-7-3-2-4-8-14)21-11-13(10-17)6-5-9-16/h13-14H,2-8,11H2,1H3/t13-/m1/s1. The monoisotopic (exact) mass is 303 g/mol. The highest BCUT2D eigenvalue weighted by Crippen LogP contribution is 2.33. The molecule has 1 fully saturated rings. The number of aromatic nitrogens is 3. The summed E-state index contributed by atoms with van der Waals surface area (Å²) >= 11 is 1.60. The summed E-state index contributed by atoms with van der Waals surface area (Å²) < 4.78 is 2.25. The Morgan fingerprint density at radius 3 is 2.71 bits per heavy atom. The molecule has 0 saturated heterocycles. The highest BCUT2D eigenvalue weighted by Gasteiger charge is 2.22. The molecule has 2 rings (SSSR count). The zero-order valence-corrected chi connectivity index (χ0v) is 13.3. The van der Waals surface area contributed by atoms with Crippen molar-refractivity contribution in [2.75, 3.05) is 5.75 Å². The summed E-state index contributed by atoms with van der Waals surface area (Å²) in [6.07, 6.45) is 7.34. The molecule has 5 nitrogen and oxygen atoms in total. The summed E-state index contributed by atoms with van der Waals surface area (Å²) in [5, 5.41) is 27.2. The Morgan fingerprint density at radius 1 is 1.29 bits per heavy atom. The minimum Gasteiger partial charge on any atom is -0.303 e. The Balaban J connectivity index is 2.00. The first-order chi connectivity index (χ1) is 10.3. The van der Waals surface area contributed by atoms with E-state index in [1.807, 2.05) is 6.92 Å². The van der Waals surface area contributed by atoms with Gasteiger partial charge in [-0.1, -0.05) is 31.0 Å². The SMILES string of the molecule is Cc1nnc(SC[C@@H](C#N)CCC#N)n1C1CCCCC1. The third-order valence-corrected chi connectivity index (χ3v) is 5.08. The molecular weight excluding hydrogens is 282 g/mol. The maximum atomic E-state index is 9.14. The third-order valence-electron chi connectivity index (χ3n) is 3.98. The second-order valence-corrected chi connectivity index (χ2v) is 6.51. The van der Waals surface area contributed by atoms with Crippen LogP contribution in [0, 0.1) is 35.5 Å². The van der Waals surface area contributed by atoms with Gasteiger partial charge >= 0.3 is 0 Å². The zero-order valence-electron chi connectivity index (χ0n) is 12.5. The highest BCUT2D eigenvalue weighted by molar-refractivity contribution is 7.99. The van der Waals surface area contributed by atoms with Crippen molar-refractivity contribution in [3.8, 4) is 12.1 Å². The molecule has 0 aromatic carbocycles. The quantitative estimate of drug-likeness (QED) is 0.750. The van der Waals surface area contributed by atoms with Crippen molar-refractivity contribution in [1.82, 2.24) is 14.8 Å². The smallest absolute Gasteiger partial charge is 0.191 e. The molecule has 0 radical (unpaired) electrons. The van der Waals surface area contributed by atoms with E-state index < -0.39 is 0 Å². The van der Waals surface area contributed by atoms with Crippen LogP contribution >= 0.6 is 11.8 Å². The van der Waals surface area contributed by atoms with Crippen molar-refractivity contribution in [3.63, 3.8) is 0 Å². The molecule has 0 spiro atoms. The first-order valence-corrected chi connectivity index (χ1v) is 8.55. The highest BCUT2D eigenvalue weighted by atomic mass is 32.2. The Bertz CT molecular complexity index is 533. The van der Waals surface area contributed by atoms with E-state index in [2.05, 4.69) is 26.9 Å². The Hall–Kier alpha value is -1.53. The van der Waals surface area contributed by atoms with E-state index in [-0.39, 0.29) is 5.92 Å². The van der Waals surface area contributed by atoms with Gasteiger partial charge in [0.25, 0.3) is 0 Å². The molecule has 1 aromatic heterocycles. The Kier molecular flexibility index (Phi) is 6.07. The maximum Gasteiger partial charge on any atom is 0.191 e. The van der Waals surface area contributed by atoms with Crippen LogP contribution in [0.15, 0.2) is 5.16 Å². The van der Waals surface area contributed by atoms with Gasteiger partial charge in [-0.2, -0.15) is 10.5 Å². The van der Waals surface area contributed by atoms with Crippen molar-refractivity contribution >= 4 is 11.8 Å². The lowest BCUT2D eigenvalue weighted by atomic mass is 9.95. The van der Waals surface area contributed by atoms with Crippen LogP contribution in [0.1, 0.15) is 56.8 Å². The fraction of sp³-hybridized carbons (Fsp3) is 0.733. The fourth-order valence-electron chi connectivity index (χ4n) is 2.81. The van der Waals surface area contributed by atoms with Gasteiger partial charge in [0, 0.05) is 18.2 Å². The Morgan fingerprint density at radius 2 is 2.05 bits per heavy atom. The van der Waals surface area contributed by atoms with Crippen molar-refractivity contribution in [2.24, 2.45) is 5.92 Å². The van der Waals surface area contributed by atoms with Crippen LogP contribution in [0.5, 0.6) is 0 Å². The van der Waals surface area contributed by atoms with E-state index in [9.17, 15) is 0 Å². The van der Waals surface area contributed by atoms with Crippen LogP contribution in [0.2, 0.25) is 0 Å². The number of nitriles is 2. The number of hydrogen-bond acceptors (Lipinski definition) is 5. The molecule has 0 N–H and O–H groups in total. The molecular formula is C15H21N5S. The van der Waals surface area contributed by atoms with Crippen LogP contribution in [-0.4, -0.2) is 20.5 Å². The molecule has 112 valence electrons. The van der Waals surface area contributed by atoms with Crippen molar-refractivity contribution < 1.29 is 0 Å². The van der Waals surface area contributed by atoms with Gasteiger partial charge in [0.05, 0.1) is 18.1 Å². The van der Waals surface area contributed by atoms with Gasteiger partial charge in [0.2, 0.25) is 0 Å². The first kappa shape index (κ1) is 15.9. The predicted molar refractivity (Wildman–Crippen MR) is 81.6 cm³/mol. The van der Waals surface area contributed by atoms with Gasteiger partial charge in [-0.25, -0.2) is 0 Å². The van der Waals surface area contributed by atoms with E-state index in [4.69, 9.17) is 10.5 Å². The van der Waals surface area contributed by atoms with Crippen molar-refractivity contribution in [2.45, 2.75) is 63.1 Å². The Labute approximate surface area is 130 Å². The molecule has 0 aliphatic heterocycles. The number of rotatable bonds is 6. The third kappa shape index (κ3) is 4.22. The van der Waals surface area contributed by atoms with E-state index in [1.54, 1.807) is 11.8 Å². The lowest BCUT2D eigenvalue weighted by Crippen LogP contribution is -2.15. The maximum absolute atomic E-state index is 9.14. The van der Waals surface area contributed by atoms with Gasteiger partial charge in [0.1, 0.15) is 5.82 Å². The fourth-order valence-corrected chi connectivity index (χ4v) is 3.92. The van der Waals surface area contributed by atoms with Gasteiger partial charge < -0.3 is 4.57 Å². The van der Waals surface area contributed by atoms with E-state index in [0.29, 0.717) is 24.6 Å². The molecule has 1 saturated carbocycles. The van der Waals surface area contributed by atoms with Crippen molar-refractivity contribution in [3.05, 3.63) is 5.82 Å². The number of hydrogen-bond donors (Lipinski definition) is 0. The largest absolute Gasteiger partial charge is 0.303 e. The van der Waals surface area contributed by atoms with Crippen LogP contribution in [0.3, 0.4) is 0 Å². The topological polar surface area (TPSA) is 78.3 Å². The van der Waals surface area contributed by atoms with Gasteiger partial charge in [-0.05, 0) is 26.2 Å². The number of thioether (sulfide) groups is 1. The summed E-state index contributed by atoms with van der Waals surface area (Å²) in [7, 11) is 0. The molecule has 0 amide bonds. The minimum atomic E-state index is -0.0912. The van der Waals surface area contributed by atoms with Crippen LogP contribution < -0.4 is 0 Å². The molecule has 21 heavy (non-hydrogen) atoms. The van der Waals surface area contributed by atoms with Crippen LogP contribution in [0.4, 0.5) is 0 Å². The van der Waals surface area contributed by atoms with E-state index >= 15 is 0 Å². The van der Waals surface area contributed by atoms with Gasteiger partial charge in [-0.15, -0.1) is 10.2 Å². The lowest BCUT2D eigenvalue weighted by Gasteiger charge is -2.25. The molecule has 1 aliphatic rings. The molecule has 1 heterocycles. The second-order valence-electron chi connectivity index (χ2n) is 5.53. The molecule has 0 bridgehead atoms. The first-order valence-electron chi connectivity index (χ1n) is 7.57. The zero-order chi connectivity index (χ0) is 15.1. The number of aryl methyl sites for hydroxylation is 1. The summed E-state index contributed by atoms with van der Waals surface area (Å²) in [6, 6.07) is 4.90. The molecule has 1 atom stereocenters. The summed E-state index contributed by atoms with van der Waals surface area (Å²) in [5.41, 5.74) is 0. The average molecular weight is 303 g/mol. The predicted octanol–water partition coefficient (Wildman–Crippen LogP) is 3.63. The number of nitrogens with zero attached hydrogens (tertiary/aromatic N) is 5. The van der Waals surface area contributed by atoms with Crippen LogP contribution in [0.25, 0.3) is 0 Å². The summed E-state index contributed by atoms with van der Waals surface area (Å²) in [4.78, 5) is 0. The second kappa shape index (κ2) is 8.05. The van der Waals surface area contributed by atoms with Crippen LogP contribution in [-0.2, 0) is 0 Å². The van der Waals surface area contributed by atoms with E-state index in [0.717, 1.165) is 11.0 Å². The van der Waals surface area contributed by atoms with Gasteiger partial charge in [0.15, 0.2) is 5.16 Å². The summed E-state index contributed by atoms with van der Waals surface area (Å²) in [6.45, 7) is 2.00.